The molecular weight excluding hydrogens is 306 g/mol. The van der Waals surface area contributed by atoms with E-state index in [4.69, 9.17) is 9.57 Å². The molecule has 1 unspecified atom stereocenters. The van der Waals surface area contributed by atoms with Gasteiger partial charge in [0.05, 0.1) is 7.11 Å². The van der Waals surface area contributed by atoms with Crippen LogP contribution in [0, 0.1) is 13.8 Å². The normalized spacial score (nSPS) is 23.8. The number of carbonyl (C=O) groups is 2. The molecule has 3 rings (SSSR count). The van der Waals surface area contributed by atoms with E-state index in [1.165, 1.54) is 0 Å². The molecule has 0 aliphatic carbocycles. The van der Waals surface area contributed by atoms with Crippen LogP contribution in [-0.4, -0.2) is 42.6 Å². The Kier molecular flexibility index (Phi) is 4.49. The van der Waals surface area contributed by atoms with Gasteiger partial charge in [0.2, 0.25) is 0 Å². The maximum Gasteiger partial charge on any atom is 0.322 e. The molecule has 5 heteroatoms. The fourth-order valence-corrected chi connectivity index (χ4v) is 4.07. The average molecular weight is 331 g/mol. The summed E-state index contributed by atoms with van der Waals surface area (Å²) in [5.41, 5.74) is 3.08. The summed E-state index contributed by atoms with van der Waals surface area (Å²) in [4.78, 5) is 31.0. The third kappa shape index (κ3) is 2.66. The highest BCUT2D eigenvalue weighted by Crippen LogP contribution is 2.42. The third-order valence-electron chi connectivity index (χ3n) is 5.32. The number of ether oxygens (including phenoxy) is 1. The van der Waals surface area contributed by atoms with Gasteiger partial charge >= 0.3 is 5.97 Å². The molecule has 0 bridgehead atoms. The smallest absolute Gasteiger partial charge is 0.322 e. The van der Waals surface area contributed by atoms with E-state index in [1.807, 2.05) is 19.9 Å². The van der Waals surface area contributed by atoms with Gasteiger partial charge in [-0.2, -0.15) is 5.06 Å². The maximum absolute atomic E-state index is 13.2. The van der Waals surface area contributed by atoms with Crippen molar-refractivity contribution in [1.82, 2.24) is 5.06 Å². The first-order valence-corrected chi connectivity index (χ1v) is 8.58. The zero-order valence-electron chi connectivity index (χ0n) is 14.8. The number of benzene rings is 1. The number of rotatable bonds is 3. The molecule has 1 aromatic rings. The van der Waals surface area contributed by atoms with Crippen LogP contribution in [-0.2, 0) is 25.6 Å². The summed E-state index contributed by atoms with van der Waals surface area (Å²) in [5.74, 6) is -1.26. The average Bonchev–Trinajstić information content (AvgIpc) is 2.79. The predicted molar refractivity (Wildman–Crippen MR) is 89.7 cm³/mol. The van der Waals surface area contributed by atoms with E-state index in [0.717, 1.165) is 28.7 Å². The van der Waals surface area contributed by atoms with Crippen LogP contribution < -0.4 is 0 Å². The lowest BCUT2D eigenvalue weighted by molar-refractivity contribution is -0.184. The molecule has 0 N–H and O–H groups in total. The zero-order valence-corrected chi connectivity index (χ0v) is 14.8. The molecule has 130 valence electrons. The van der Waals surface area contributed by atoms with Crippen molar-refractivity contribution in [2.45, 2.75) is 51.6 Å². The number of hydrogen-bond donors (Lipinski definition) is 0. The number of nitrogens with zero attached hydrogens (tertiary/aromatic N) is 1. The summed E-state index contributed by atoms with van der Waals surface area (Å²) >= 11 is 0. The summed E-state index contributed by atoms with van der Waals surface area (Å²) in [6.45, 7) is 7.24. The fourth-order valence-electron chi connectivity index (χ4n) is 4.07. The van der Waals surface area contributed by atoms with Gasteiger partial charge < -0.3 is 9.57 Å². The van der Waals surface area contributed by atoms with Gasteiger partial charge in [0, 0.05) is 25.9 Å². The molecule has 0 aromatic heterocycles. The van der Waals surface area contributed by atoms with Crippen LogP contribution in [0.3, 0.4) is 0 Å². The van der Waals surface area contributed by atoms with Crippen LogP contribution in [0.5, 0.6) is 0 Å². The van der Waals surface area contributed by atoms with E-state index < -0.39 is 17.5 Å². The zero-order chi connectivity index (χ0) is 17.5. The molecule has 0 amide bonds. The Balaban J connectivity index is 1.97. The molecule has 1 aromatic carbocycles. The van der Waals surface area contributed by atoms with Gasteiger partial charge in [-0.3, -0.25) is 9.59 Å². The van der Waals surface area contributed by atoms with E-state index in [1.54, 1.807) is 12.2 Å². The fraction of sp³-hybridized carbons (Fsp3) is 0.579. The third-order valence-corrected chi connectivity index (χ3v) is 5.32. The van der Waals surface area contributed by atoms with E-state index in [0.29, 0.717) is 25.9 Å². The first-order chi connectivity index (χ1) is 11.4. The molecule has 1 spiro atoms. The topological polar surface area (TPSA) is 55.8 Å². The molecule has 2 saturated heterocycles. The molecule has 24 heavy (non-hydrogen) atoms. The minimum Gasteiger partial charge on any atom is -0.450 e. The lowest BCUT2D eigenvalue weighted by Gasteiger charge is -2.35. The lowest BCUT2D eigenvalue weighted by Crippen LogP contribution is -2.48. The van der Waals surface area contributed by atoms with E-state index in [2.05, 4.69) is 13.0 Å². The van der Waals surface area contributed by atoms with Gasteiger partial charge in [-0.1, -0.05) is 24.6 Å². The van der Waals surface area contributed by atoms with Crippen LogP contribution in [0.15, 0.2) is 12.1 Å². The van der Waals surface area contributed by atoms with Gasteiger partial charge in [-0.15, -0.1) is 0 Å². The van der Waals surface area contributed by atoms with Crippen molar-refractivity contribution in [3.05, 3.63) is 34.4 Å². The number of piperidine rings is 1. The first-order valence-electron chi connectivity index (χ1n) is 8.58. The van der Waals surface area contributed by atoms with Gasteiger partial charge in [-0.25, -0.2) is 0 Å². The van der Waals surface area contributed by atoms with Crippen LogP contribution >= 0.6 is 0 Å². The van der Waals surface area contributed by atoms with E-state index in [9.17, 15) is 9.59 Å². The number of esters is 1. The Bertz CT molecular complexity index is 674. The van der Waals surface area contributed by atoms with Crippen LogP contribution in [0.4, 0.5) is 0 Å². The molecule has 5 nitrogen and oxygen atoms in total. The molecule has 1 atom stereocenters. The summed E-state index contributed by atoms with van der Waals surface area (Å²) in [7, 11) is 1.62. The molecule has 2 aliphatic heterocycles. The van der Waals surface area contributed by atoms with Crippen LogP contribution in [0.2, 0.25) is 0 Å². The minimum atomic E-state index is -0.973. The Morgan fingerprint density at radius 2 is 1.92 bits per heavy atom. The first kappa shape index (κ1) is 17.1. The van der Waals surface area contributed by atoms with Crippen molar-refractivity contribution >= 4 is 11.8 Å². The van der Waals surface area contributed by atoms with Crippen LogP contribution in [0.1, 0.15) is 47.9 Å². The number of ketones is 1. The number of hydrogen-bond acceptors (Lipinski definition) is 5. The van der Waals surface area contributed by atoms with E-state index >= 15 is 0 Å². The highest BCUT2D eigenvalue weighted by atomic mass is 16.7. The maximum atomic E-state index is 13.2. The van der Waals surface area contributed by atoms with Gasteiger partial charge in [0.25, 0.3) is 0 Å². The van der Waals surface area contributed by atoms with Crippen molar-refractivity contribution in [2.24, 2.45) is 0 Å². The molecule has 0 radical (unpaired) electrons. The van der Waals surface area contributed by atoms with Crippen molar-refractivity contribution < 1.29 is 19.2 Å². The van der Waals surface area contributed by atoms with Gasteiger partial charge in [0.1, 0.15) is 5.92 Å². The Labute approximate surface area is 142 Å². The Morgan fingerprint density at radius 1 is 1.25 bits per heavy atom. The second-order valence-electron chi connectivity index (χ2n) is 6.83. The standard InChI is InChI=1S/C19H25NO4/c1-5-14-11-12(2)10-13(3)15(14)16-17(21)19(24-18(16)22)6-8-20(23-4)9-7-19/h10-11,16H,5-9H2,1-4H3. The van der Waals surface area contributed by atoms with Gasteiger partial charge in [0.15, 0.2) is 11.4 Å². The second kappa shape index (κ2) is 6.30. The highest BCUT2D eigenvalue weighted by molar-refractivity contribution is 6.14. The van der Waals surface area contributed by atoms with Gasteiger partial charge in [-0.05, 0) is 37.0 Å². The highest BCUT2D eigenvalue weighted by Gasteiger charge is 2.57. The summed E-state index contributed by atoms with van der Waals surface area (Å²) < 4.78 is 5.68. The lowest BCUT2D eigenvalue weighted by atomic mass is 9.79. The second-order valence-corrected chi connectivity index (χ2v) is 6.83. The molecule has 2 aliphatic rings. The van der Waals surface area contributed by atoms with Crippen molar-refractivity contribution in [1.29, 1.82) is 0 Å². The van der Waals surface area contributed by atoms with Crippen molar-refractivity contribution in [2.75, 3.05) is 20.2 Å². The monoisotopic (exact) mass is 331 g/mol. The molecule has 0 saturated carbocycles. The van der Waals surface area contributed by atoms with Crippen molar-refractivity contribution in [3.8, 4) is 0 Å². The number of carbonyl (C=O) groups excluding carboxylic acids is 2. The largest absolute Gasteiger partial charge is 0.450 e. The minimum absolute atomic E-state index is 0.0788. The quantitative estimate of drug-likeness (QED) is 0.629. The molecular formula is C19H25NO4. The molecule has 2 heterocycles. The summed E-state index contributed by atoms with van der Waals surface area (Å²) in [6.07, 6.45) is 1.78. The molecule has 2 fully saturated rings. The number of hydroxylamine groups is 2. The van der Waals surface area contributed by atoms with E-state index in [-0.39, 0.29) is 5.78 Å². The Morgan fingerprint density at radius 3 is 2.50 bits per heavy atom. The Hall–Kier alpha value is -1.72. The predicted octanol–water partition coefficient (Wildman–Crippen LogP) is 2.47. The van der Waals surface area contributed by atoms with Crippen LogP contribution in [0.25, 0.3) is 0 Å². The number of Topliss-reactive ketones (excluding diaryl/α,β-unsaturated/α-hetero) is 1. The SMILES string of the molecule is CCc1cc(C)cc(C)c1C1C(=O)OC2(CCN(OC)CC2)C1=O. The summed E-state index contributed by atoms with van der Waals surface area (Å²) in [6, 6.07) is 4.11. The summed E-state index contributed by atoms with van der Waals surface area (Å²) in [5, 5.41) is 1.80. The number of aryl methyl sites for hydroxylation is 3. The van der Waals surface area contributed by atoms with Crippen molar-refractivity contribution in [3.63, 3.8) is 0 Å².